The van der Waals surface area contributed by atoms with Crippen molar-refractivity contribution < 1.29 is 9.32 Å². The molecular formula is C16H25N3O2. The van der Waals surface area contributed by atoms with Crippen LogP contribution in [0.5, 0.6) is 0 Å². The molecule has 2 fully saturated rings. The van der Waals surface area contributed by atoms with Crippen molar-refractivity contribution in [2.75, 3.05) is 7.05 Å². The van der Waals surface area contributed by atoms with Crippen LogP contribution in [0.4, 0.5) is 0 Å². The van der Waals surface area contributed by atoms with E-state index in [0.29, 0.717) is 23.8 Å². The molecule has 1 amide bonds. The lowest BCUT2D eigenvalue weighted by atomic mass is 9.93. The highest BCUT2D eigenvalue weighted by Crippen LogP contribution is 2.30. The molecule has 2 aliphatic rings. The number of rotatable bonds is 2. The molecule has 1 aromatic heterocycles. The molecule has 2 atom stereocenters. The lowest BCUT2D eigenvalue weighted by molar-refractivity contribution is 0.0671. The van der Waals surface area contributed by atoms with E-state index in [-0.39, 0.29) is 11.3 Å². The third-order valence-corrected chi connectivity index (χ3v) is 4.78. The average Bonchev–Trinajstić information content (AvgIpc) is 3.03. The van der Waals surface area contributed by atoms with E-state index in [0.717, 1.165) is 18.6 Å². The zero-order chi connectivity index (χ0) is 15.2. The number of hydrogen-bond acceptors (Lipinski definition) is 4. The molecule has 0 spiro atoms. The molecule has 0 aromatic carbocycles. The van der Waals surface area contributed by atoms with Gasteiger partial charge in [0.15, 0.2) is 5.69 Å². The first-order chi connectivity index (χ1) is 9.84. The number of nitrogens with zero attached hydrogens (tertiary/aromatic N) is 2. The van der Waals surface area contributed by atoms with Crippen molar-refractivity contribution in [1.82, 2.24) is 15.4 Å². The number of carbonyl (C=O) groups is 1. The first kappa shape index (κ1) is 14.6. The van der Waals surface area contributed by atoms with Crippen LogP contribution in [0.15, 0.2) is 10.6 Å². The molecule has 2 bridgehead atoms. The summed E-state index contributed by atoms with van der Waals surface area (Å²) in [5.74, 6) is 0.727. The summed E-state index contributed by atoms with van der Waals surface area (Å²) < 4.78 is 5.33. The predicted octanol–water partition coefficient (Wildman–Crippen LogP) is 2.33. The number of nitrogens with one attached hydrogen (secondary N) is 1. The van der Waals surface area contributed by atoms with Crippen LogP contribution in [0, 0.1) is 0 Å². The molecule has 5 heteroatoms. The molecule has 5 nitrogen and oxygen atoms in total. The van der Waals surface area contributed by atoms with E-state index in [2.05, 4.69) is 31.2 Å². The zero-order valence-corrected chi connectivity index (χ0v) is 13.3. The largest absolute Gasteiger partial charge is 0.360 e. The number of amides is 1. The lowest BCUT2D eigenvalue weighted by Crippen LogP contribution is -2.48. The third kappa shape index (κ3) is 2.84. The normalized spacial score (nSPS) is 28.7. The summed E-state index contributed by atoms with van der Waals surface area (Å²) in [6.07, 6.45) is 4.56. The van der Waals surface area contributed by atoms with E-state index < -0.39 is 0 Å². The zero-order valence-electron chi connectivity index (χ0n) is 13.3. The molecule has 0 aliphatic carbocycles. The number of hydrogen-bond donors (Lipinski definition) is 1. The van der Waals surface area contributed by atoms with E-state index in [1.54, 1.807) is 6.07 Å². The monoisotopic (exact) mass is 291 g/mol. The van der Waals surface area contributed by atoms with Gasteiger partial charge in [0, 0.05) is 36.7 Å². The second kappa shape index (κ2) is 5.13. The van der Waals surface area contributed by atoms with Gasteiger partial charge < -0.3 is 14.7 Å². The van der Waals surface area contributed by atoms with Gasteiger partial charge >= 0.3 is 0 Å². The van der Waals surface area contributed by atoms with Crippen LogP contribution < -0.4 is 5.32 Å². The maximum atomic E-state index is 12.6. The van der Waals surface area contributed by atoms with Crippen molar-refractivity contribution >= 4 is 5.91 Å². The fraction of sp³-hybridized carbons (Fsp3) is 0.750. The van der Waals surface area contributed by atoms with Gasteiger partial charge in [0.1, 0.15) is 5.76 Å². The van der Waals surface area contributed by atoms with Gasteiger partial charge in [-0.2, -0.15) is 0 Å². The van der Waals surface area contributed by atoms with Gasteiger partial charge in [-0.05, 0) is 25.7 Å². The molecular weight excluding hydrogens is 266 g/mol. The van der Waals surface area contributed by atoms with Crippen LogP contribution in [0.25, 0.3) is 0 Å². The molecule has 2 aliphatic heterocycles. The molecule has 2 unspecified atom stereocenters. The third-order valence-electron chi connectivity index (χ3n) is 4.78. The van der Waals surface area contributed by atoms with Gasteiger partial charge in [-0.15, -0.1) is 0 Å². The molecule has 116 valence electrons. The highest BCUT2D eigenvalue weighted by atomic mass is 16.5. The van der Waals surface area contributed by atoms with Crippen molar-refractivity contribution in [3.05, 3.63) is 17.5 Å². The Hall–Kier alpha value is -1.36. The summed E-state index contributed by atoms with van der Waals surface area (Å²) >= 11 is 0. The second-order valence-corrected chi connectivity index (χ2v) is 7.51. The highest BCUT2D eigenvalue weighted by molar-refractivity contribution is 5.92. The van der Waals surface area contributed by atoms with E-state index in [1.165, 1.54) is 12.8 Å². The van der Waals surface area contributed by atoms with E-state index in [1.807, 2.05) is 11.9 Å². The molecule has 1 aromatic rings. The van der Waals surface area contributed by atoms with Gasteiger partial charge in [0.2, 0.25) is 0 Å². The lowest BCUT2D eigenvalue weighted by Gasteiger charge is -2.35. The molecule has 0 saturated carbocycles. The van der Waals surface area contributed by atoms with Crippen LogP contribution in [0.1, 0.15) is 62.7 Å². The Labute approximate surface area is 126 Å². The van der Waals surface area contributed by atoms with Gasteiger partial charge in [-0.25, -0.2) is 0 Å². The fourth-order valence-electron chi connectivity index (χ4n) is 3.42. The smallest absolute Gasteiger partial charge is 0.276 e. The SMILES string of the molecule is CN(C(=O)c1cc(C(C)(C)C)on1)C1CC2CCC(C1)N2. The maximum absolute atomic E-state index is 12.6. The van der Waals surface area contributed by atoms with Crippen molar-refractivity contribution in [2.24, 2.45) is 0 Å². The van der Waals surface area contributed by atoms with Crippen LogP contribution in [0.2, 0.25) is 0 Å². The summed E-state index contributed by atoms with van der Waals surface area (Å²) in [6.45, 7) is 6.15. The molecule has 2 saturated heterocycles. The predicted molar refractivity (Wildman–Crippen MR) is 80.3 cm³/mol. The minimum absolute atomic E-state index is 0.0273. The number of piperidine rings is 1. The summed E-state index contributed by atoms with van der Waals surface area (Å²) in [6, 6.07) is 3.25. The Balaban J connectivity index is 1.71. The van der Waals surface area contributed by atoms with Gasteiger partial charge in [-0.3, -0.25) is 4.79 Å². The van der Waals surface area contributed by atoms with Crippen molar-refractivity contribution in [3.63, 3.8) is 0 Å². The highest BCUT2D eigenvalue weighted by Gasteiger charge is 2.37. The Morgan fingerprint density at radius 1 is 1.33 bits per heavy atom. The molecule has 1 N–H and O–H groups in total. The average molecular weight is 291 g/mol. The Bertz CT molecular complexity index is 520. The molecule has 3 rings (SSSR count). The van der Waals surface area contributed by atoms with Crippen molar-refractivity contribution in [1.29, 1.82) is 0 Å². The molecule has 0 radical (unpaired) electrons. The second-order valence-electron chi connectivity index (χ2n) is 7.51. The van der Waals surface area contributed by atoms with E-state index >= 15 is 0 Å². The fourth-order valence-corrected chi connectivity index (χ4v) is 3.42. The number of aromatic nitrogens is 1. The Morgan fingerprint density at radius 2 is 1.95 bits per heavy atom. The van der Waals surface area contributed by atoms with Crippen LogP contribution in [-0.2, 0) is 5.41 Å². The first-order valence-electron chi connectivity index (χ1n) is 7.85. The number of carbonyl (C=O) groups excluding carboxylic acids is 1. The number of fused-ring (bicyclic) bond motifs is 2. The molecule has 21 heavy (non-hydrogen) atoms. The van der Waals surface area contributed by atoms with Gasteiger partial charge in [-0.1, -0.05) is 25.9 Å². The van der Waals surface area contributed by atoms with Gasteiger partial charge in [0.25, 0.3) is 5.91 Å². The van der Waals surface area contributed by atoms with Gasteiger partial charge in [0.05, 0.1) is 0 Å². The standard InChI is InChI=1S/C16H25N3O2/c1-16(2,3)14-9-13(18-21-14)15(20)19(4)12-7-10-5-6-11(8-12)17-10/h9-12,17H,5-8H2,1-4H3. The van der Waals surface area contributed by atoms with E-state index in [9.17, 15) is 4.79 Å². The van der Waals surface area contributed by atoms with E-state index in [4.69, 9.17) is 4.52 Å². The molecule has 3 heterocycles. The maximum Gasteiger partial charge on any atom is 0.276 e. The minimum Gasteiger partial charge on any atom is -0.360 e. The minimum atomic E-state index is -0.127. The first-order valence-corrected chi connectivity index (χ1v) is 7.85. The van der Waals surface area contributed by atoms with Crippen LogP contribution >= 0.6 is 0 Å². The Kier molecular flexibility index (Phi) is 3.56. The Morgan fingerprint density at radius 3 is 2.48 bits per heavy atom. The summed E-state index contributed by atoms with van der Waals surface area (Å²) in [5, 5.41) is 7.58. The quantitative estimate of drug-likeness (QED) is 0.908. The summed E-state index contributed by atoms with van der Waals surface area (Å²) in [7, 11) is 1.89. The topological polar surface area (TPSA) is 58.4 Å². The van der Waals surface area contributed by atoms with Crippen molar-refractivity contribution in [3.8, 4) is 0 Å². The van der Waals surface area contributed by atoms with Crippen LogP contribution in [-0.4, -0.2) is 41.1 Å². The summed E-state index contributed by atoms with van der Waals surface area (Å²) in [5.41, 5.74) is 0.297. The van der Waals surface area contributed by atoms with Crippen LogP contribution in [0.3, 0.4) is 0 Å². The van der Waals surface area contributed by atoms with Crippen molar-refractivity contribution in [2.45, 2.75) is 70.0 Å². The summed E-state index contributed by atoms with van der Waals surface area (Å²) in [4.78, 5) is 14.5.